The first-order valence-electron chi connectivity index (χ1n) is 10.9. The van der Waals surface area contributed by atoms with Crippen molar-refractivity contribution in [1.29, 1.82) is 0 Å². The van der Waals surface area contributed by atoms with E-state index in [1.165, 1.54) is 5.56 Å². The smallest absolute Gasteiger partial charge is 0.270 e. The Labute approximate surface area is 183 Å². The first-order valence-corrected chi connectivity index (χ1v) is 10.9. The van der Waals surface area contributed by atoms with Crippen LogP contribution in [0.25, 0.3) is 11.1 Å². The predicted molar refractivity (Wildman–Crippen MR) is 121 cm³/mol. The summed E-state index contributed by atoms with van der Waals surface area (Å²) in [5.41, 5.74) is 3.21. The maximum atomic E-state index is 13.5. The summed E-state index contributed by atoms with van der Waals surface area (Å²) in [6, 6.07) is 12.1. The van der Waals surface area contributed by atoms with Crippen molar-refractivity contribution in [1.82, 2.24) is 14.4 Å². The normalized spacial score (nSPS) is 17.4. The van der Waals surface area contributed by atoms with E-state index >= 15 is 0 Å². The quantitative estimate of drug-likeness (QED) is 0.633. The Balaban J connectivity index is 1.59. The van der Waals surface area contributed by atoms with E-state index < -0.39 is 5.41 Å². The van der Waals surface area contributed by atoms with Gasteiger partial charge in [0.25, 0.3) is 5.91 Å². The number of benzene rings is 1. The van der Waals surface area contributed by atoms with Gasteiger partial charge in [0.2, 0.25) is 11.6 Å². The summed E-state index contributed by atoms with van der Waals surface area (Å²) in [5, 5.41) is 0.922. The molecule has 31 heavy (non-hydrogen) atoms. The molecular weight excluding hydrogens is 390 g/mol. The number of aromatic nitrogens is 1. The van der Waals surface area contributed by atoms with Crippen molar-refractivity contribution in [3.05, 3.63) is 59.5 Å². The van der Waals surface area contributed by atoms with Crippen molar-refractivity contribution in [3.63, 3.8) is 0 Å². The monoisotopic (exact) mass is 421 g/mol. The summed E-state index contributed by atoms with van der Waals surface area (Å²) >= 11 is 0. The SMILES string of the molecule is Cc1cccc(Cn2c(C(=O)N3CCN(C(=O)C(C)(C)C)C(C)C3)cc3ccoc32)c1. The standard InChI is InChI=1S/C25H31N3O3/c1-17-7-6-8-19(13-17)16-28-21(14-20-9-12-31-23(20)28)22(29)26-10-11-27(18(2)15-26)24(30)25(3,4)5/h6-9,12-14,18H,10-11,15-16H2,1-5H3. The molecule has 2 aromatic heterocycles. The largest absolute Gasteiger partial charge is 0.448 e. The lowest BCUT2D eigenvalue weighted by atomic mass is 9.93. The molecule has 0 spiro atoms. The minimum atomic E-state index is -0.423. The number of amides is 2. The van der Waals surface area contributed by atoms with E-state index in [0.717, 1.165) is 10.9 Å². The zero-order valence-electron chi connectivity index (χ0n) is 19.0. The third kappa shape index (κ3) is 4.11. The van der Waals surface area contributed by atoms with Crippen LogP contribution < -0.4 is 0 Å². The first-order chi connectivity index (χ1) is 14.6. The molecule has 1 saturated heterocycles. The van der Waals surface area contributed by atoms with Crippen LogP contribution >= 0.6 is 0 Å². The van der Waals surface area contributed by atoms with Crippen LogP contribution in [0.5, 0.6) is 0 Å². The van der Waals surface area contributed by atoms with Gasteiger partial charge in [0.1, 0.15) is 5.69 Å². The van der Waals surface area contributed by atoms with E-state index in [9.17, 15) is 9.59 Å². The van der Waals surface area contributed by atoms with Gasteiger partial charge < -0.3 is 18.8 Å². The number of hydrogen-bond acceptors (Lipinski definition) is 3. The van der Waals surface area contributed by atoms with Gasteiger partial charge in [-0.2, -0.15) is 0 Å². The van der Waals surface area contributed by atoms with Crippen molar-refractivity contribution in [2.24, 2.45) is 5.41 Å². The van der Waals surface area contributed by atoms with Gasteiger partial charge in [-0.15, -0.1) is 0 Å². The molecule has 1 aromatic carbocycles. The number of hydrogen-bond donors (Lipinski definition) is 0. The van der Waals surface area contributed by atoms with Crippen LogP contribution in [0.15, 0.2) is 47.1 Å². The number of fused-ring (bicyclic) bond motifs is 1. The molecule has 1 fully saturated rings. The Hall–Kier alpha value is -3.02. The van der Waals surface area contributed by atoms with E-state index in [-0.39, 0.29) is 17.9 Å². The average molecular weight is 422 g/mol. The van der Waals surface area contributed by atoms with Crippen molar-refractivity contribution < 1.29 is 14.0 Å². The molecular formula is C25H31N3O3. The fourth-order valence-electron chi connectivity index (χ4n) is 4.34. The highest BCUT2D eigenvalue weighted by atomic mass is 16.3. The second-order valence-electron chi connectivity index (χ2n) is 9.63. The summed E-state index contributed by atoms with van der Waals surface area (Å²) < 4.78 is 7.68. The molecule has 2 amide bonds. The fraction of sp³-hybridized carbons (Fsp3) is 0.440. The molecule has 4 rings (SSSR count). The van der Waals surface area contributed by atoms with Crippen molar-refractivity contribution in [3.8, 4) is 0 Å². The Morgan fingerprint density at radius 3 is 2.58 bits per heavy atom. The van der Waals surface area contributed by atoms with E-state index in [4.69, 9.17) is 4.42 Å². The van der Waals surface area contributed by atoms with Gasteiger partial charge in [-0.05, 0) is 31.5 Å². The Bertz CT molecular complexity index is 1120. The zero-order valence-corrected chi connectivity index (χ0v) is 19.0. The molecule has 0 radical (unpaired) electrons. The minimum Gasteiger partial charge on any atom is -0.448 e. The molecule has 1 aliphatic heterocycles. The molecule has 0 N–H and O–H groups in total. The highest BCUT2D eigenvalue weighted by Crippen LogP contribution is 2.26. The Morgan fingerprint density at radius 2 is 1.90 bits per heavy atom. The van der Waals surface area contributed by atoms with Crippen LogP contribution in [0.2, 0.25) is 0 Å². The van der Waals surface area contributed by atoms with E-state index in [1.807, 2.05) is 60.3 Å². The van der Waals surface area contributed by atoms with Crippen LogP contribution in [0, 0.1) is 12.3 Å². The molecule has 6 nitrogen and oxygen atoms in total. The third-order valence-corrected chi connectivity index (χ3v) is 5.96. The number of furan rings is 1. The Morgan fingerprint density at radius 1 is 1.13 bits per heavy atom. The summed E-state index contributed by atoms with van der Waals surface area (Å²) in [5.74, 6) is 0.112. The number of piperazine rings is 1. The average Bonchev–Trinajstić information content (AvgIpc) is 3.29. The maximum absolute atomic E-state index is 13.5. The lowest BCUT2D eigenvalue weighted by Crippen LogP contribution is -2.57. The number of nitrogens with zero attached hydrogens (tertiary/aromatic N) is 3. The maximum Gasteiger partial charge on any atom is 0.270 e. The molecule has 164 valence electrons. The molecule has 0 bridgehead atoms. The molecule has 0 saturated carbocycles. The minimum absolute atomic E-state index is 0.0197. The van der Waals surface area contributed by atoms with Crippen LogP contribution in [-0.4, -0.2) is 51.9 Å². The number of rotatable bonds is 3. The molecule has 1 unspecified atom stereocenters. The second-order valence-corrected chi connectivity index (χ2v) is 9.63. The predicted octanol–water partition coefficient (Wildman–Crippen LogP) is 4.31. The van der Waals surface area contributed by atoms with Crippen molar-refractivity contribution >= 4 is 22.9 Å². The van der Waals surface area contributed by atoms with Crippen LogP contribution in [0.3, 0.4) is 0 Å². The van der Waals surface area contributed by atoms with Crippen LogP contribution in [0.4, 0.5) is 0 Å². The molecule has 6 heteroatoms. The molecule has 3 aromatic rings. The lowest BCUT2D eigenvalue weighted by molar-refractivity contribution is -0.143. The highest BCUT2D eigenvalue weighted by molar-refractivity contribution is 5.98. The van der Waals surface area contributed by atoms with E-state index in [1.54, 1.807) is 6.26 Å². The Kier molecular flexibility index (Phi) is 5.42. The van der Waals surface area contributed by atoms with Gasteiger partial charge >= 0.3 is 0 Å². The van der Waals surface area contributed by atoms with Gasteiger partial charge in [0.15, 0.2) is 0 Å². The number of carbonyl (C=O) groups excluding carboxylic acids is 2. The van der Waals surface area contributed by atoms with Crippen LogP contribution in [-0.2, 0) is 11.3 Å². The zero-order chi connectivity index (χ0) is 22.3. The third-order valence-electron chi connectivity index (χ3n) is 5.96. The lowest BCUT2D eigenvalue weighted by Gasteiger charge is -2.42. The van der Waals surface area contributed by atoms with Gasteiger partial charge in [-0.25, -0.2) is 0 Å². The van der Waals surface area contributed by atoms with Crippen molar-refractivity contribution in [2.75, 3.05) is 19.6 Å². The first kappa shape index (κ1) is 21.2. The summed E-state index contributed by atoms with van der Waals surface area (Å²) in [6.45, 7) is 12.1. The topological polar surface area (TPSA) is 58.7 Å². The summed E-state index contributed by atoms with van der Waals surface area (Å²) in [7, 11) is 0. The summed E-state index contributed by atoms with van der Waals surface area (Å²) in [4.78, 5) is 30.0. The highest BCUT2D eigenvalue weighted by Gasteiger charge is 2.35. The molecule has 1 atom stereocenters. The van der Waals surface area contributed by atoms with Crippen LogP contribution in [0.1, 0.15) is 49.3 Å². The van der Waals surface area contributed by atoms with Gasteiger partial charge in [0.05, 0.1) is 12.8 Å². The molecule has 3 heterocycles. The second kappa shape index (κ2) is 7.91. The van der Waals surface area contributed by atoms with E-state index in [2.05, 4.69) is 25.1 Å². The molecule has 0 aliphatic carbocycles. The number of aryl methyl sites for hydroxylation is 1. The van der Waals surface area contributed by atoms with Gasteiger partial charge in [0, 0.05) is 36.5 Å². The fourth-order valence-corrected chi connectivity index (χ4v) is 4.34. The summed E-state index contributed by atoms with van der Waals surface area (Å²) in [6.07, 6.45) is 1.66. The van der Waals surface area contributed by atoms with Crippen molar-refractivity contribution in [2.45, 2.75) is 47.2 Å². The van der Waals surface area contributed by atoms with Gasteiger partial charge in [-0.3, -0.25) is 9.59 Å². The molecule has 1 aliphatic rings. The van der Waals surface area contributed by atoms with Gasteiger partial charge in [-0.1, -0.05) is 50.6 Å². The number of carbonyl (C=O) groups is 2. The van der Waals surface area contributed by atoms with E-state index in [0.29, 0.717) is 37.6 Å².